The normalized spacial score (nSPS) is 44.8. The lowest BCUT2D eigenvalue weighted by atomic mass is 9.57. The van der Waals surface area contributed by atoms with Crippen molar-refractivity contribution in [1.82, 2.24) is 4.90 Å². The molecule has 1 saturated carbocycles. The summed E-state index contributed by atoms with van der Waals surface area (Å²) < 4.78 is 22.9. The van der Waals surface area contributed by atoms with Crippen LogP contribution in [0.3, 0.4) is 0 Å². The van der Waals surface area contributed by atoms with Crippen LogP contribution in [0.4, 0.5) is 0 Å². The van der Waals surface area contributed by atoms with Gasteiger partial charge in [-0.25, -0.2) is 8.42 Å². The molecule has 0 bridgehead atoms. The molecule has 4 heteroatoms. The molecule has 3 nitrogen and oxygen atoms in total. The second-order valence-electron chi connectivity index (χ2n) is 5.13. The van der Waals surface area contributed by atoms with Gasteiger partial charge in [0.2, 0.25) is 0 Å². The third-order valence-corrected chi connectivity index (χ3v) is 6.05. The van der Waals surface area contributed by atoms with Crippen LogP contribution >= 0.6 is 0 Å². The molecule has 1 saturated heterocycles. The Bertz CT molecular complexity index is 332. The Balaban J connectivity index is 2.28. The molecule has 0 spiro atoms. The minimum atomic E-state index is -2.73. The summed E-state index contributed by atoms with van der Waals surface area (Å²) in [6, 6.07) is 0.219. The number of hydrogen-bond donors (Lipinski definition) is 0. The monoisotopic (exact) mass is 203 g/mol. The van der Waals surface area contributed by atoms with E-state index in [1.807, 2.05) is 14.1 Å². The van der Waals surface area contributed by atoms with Crippen molar-refractivity contribution < 1.29 is 8.42 Å². The highest BCUT2D eigenvalue weighted by molar-refractivity contribution is 7.93. The van der Waals surface area contributed by atoms with Crippen LogP contribution in [0.15, 0.2) is 0 Å². The molecular formula is C9H17NO2S. The lowest BCUT2D eigenvalue weighted by molar-refractivity contribution is -0.0397. The fourth-order valence-corrected chi connectivity index (χ4v) is 6.06. The first-order valence-electron chi connectivity index (χ1n) is 4.66. The van der Waals surface area contributed by atoms with Crippen molar-refractivity contribution in [1.29, 1.82) is 0 Å². The van der Waals surface area contributed by atoms with E-state index in [1.54, 1.807) is 0 Å². The van der Waals surface area contributed by atoms with Crippen LogP contribution in [0.25, 0.3) is 0 Å². The van der Waals surface area contributed by atoms with Crippen molar-refractivity contribution in [3.8, 4) is 0 Å². The Hall–Kier alpha value is -0.0900. The van der Waals surface area contributed by atoms with E-state index in [1.165, 1.54) is 0 Å². The predicted molar refractivity (Wildman–Crippen MR) is 52.3 cm³/mol. The fourth-order valence-electron chi connectivity index (χ4n) is 3.12. The fraction of sp³-hybridized carbons (Fsp3) is 1.00. The van der Waals surface area contributed by atoms with E-state index < -0.39 is 9.84 Å². The molecule has 0 amide bonds. The van der Waals surface area contributed by atoms with E-state index in [4.69, 9.17) is 0 Å². The zero-order valence-corrected chi connectivity index (χ0v) is 9.43. The van der Waals surface area contributed by atoms with Gasteiger partial charge in [-0.15, -0.1) is 0 Å². The van der Waals surface area contributed by atoms with E-state index in [-0.39, 0.29) is 16.7 Å². The maximum absolute atomic E-state index is 11.5. The topological polar surface area (TPSA) is 37.4 Å². The van der Waals surface area contributed by atoms with E-state index in [0.717, 1.165) is 0 Å². The third-order valence-electron chi connectivity index (χ3n) is 3.81. The molecule has 0 unspecified atom stereocenters. The summed E-state index contributed by atoms with van der Waals surface area (Å²) in [5.41, 5.74) is 0.180. The molecule has 2 rings (SSSR count). The molecule has 0 radical (unpaired) electrons. The second-order valence-corrected chi connectivity index (χ2v) is 7.33. The van der Waals surface area contributed by atoms with Gasteiger partial charge >= 0.3 is 0 Å². The Morgan fingerprint density at radius 1 is 1.31 bits per heavy atom. The average molecular weight is 203 g/mol. The molecule has 3 atom stereocenters. The zero-order valence-electron chi connectivity index (χ0n) is 8.61. The average Bonchev–Trinajstić information content (AvgIpc) is 1.94. The van der Waals surface area contributed by atoms with Crippen LogP contribution in [0.1, 0.15) is 13.8 Å². The van der Waals surface area contributed by atoms with Crippen molar-refractivity contribution in [2.45, 2.75) is 25.1 Å². The molecule has 1 aliphatic heterocycles. The van der Waals surface area contributed by atoms with Crippen molar-refractivity contribution in [2.75, 3.05) is 19.8 Å². The highest BCUT2D eigenvalue weighted by atomic mass is 32.2. The van der Waals surface area contributed by atoms with Crippen LogP contribution in [0.2, 0.25) is 0 Å². The highest BCUT2D eigenvalue weighted by Crippen LogP contribution is 2.58. The smallest absolute Gasteiger partial charge is 0.155 e. The predicted octanol–water partition coefficient (Wildman–Crippen LogP) is 0.370. The molecule has 0 aromatic heterocycles. The molecule has 1 aliphatic carbocycles. The van der Waals surface area contributed by atoms with E-state index in [2.05, 4.69) is 18.7 Å². The number of sulfone groups is 1. The van der Waals surface area contributed by atoms with Crippen molar-refractivity contribution in [3.63, 3.8) is 0 Å². The molecule has 0 N–H and O–H groups in total. The maximum Gasteiger partial charge on any atom is 0.155 e. The Kier molecular flexibility index (Phi) is 1.66. The third kappa shape index (κ3) is 0.960. The molecular weight excluding hydrogens is 186 g/mol. The highest BCUT2D eigenvalue weighted by Gasteiger charge is 2.69. The summed E-state index contributed by atoms with van der Waals surface area (Å²) in [4.78, 5) is 2.05. The van der Waals surface area contributed by atoms with Gasteiger partial charge in [0.05, 0.1) is 11.0 Å². The number of rotatable bonds is 1. The van der Waals surface area contributed by atoms with E-state index in [9.17, 15) is 8.42 Å². The molecule has 76 valence electrons. The number of nitrogens with zero attached hydrogens (tertiary/aromatic N) is 1. The summed E-state index contributed by atoms with van der Waals surface area (Å²) in [6.07, 6.45) is 0. The number of hydrogen-bond acceptors (Lipinski definition) is 3. The summed E-state index contributed by atoms with van der Waals surface area (Å²) in [5, 5.41) is -0.0718. The minimum absolute atomic E-state index is 0.0718. The molecule has 13 heavy (non-hydrogen) atoms. The lowest BCUT2D eigenvalue weighted by Gasteiger charge is -2.65. The number of fused-ring (bicyclic) bond motifs is 1. The van der Waals surface area contributed by atoms with Gasteiger partial charge in [0.1, 0.15) is 0 Å². The van der Waals surface area contributed by atoms with Crippen LogP contribution in [-0.2, 0) is 9.84 Å². The minimum Gasteiger partial charge on any atom is -0.305 e. The van der Waals surface area contributed by atoms with E-state index >= 15 is 0 Å². The molecule has 1 heterocycles. The quantitative estimate of drug-likeness (QED) is 0.618. The Morgan fingerprint density at radius 2 is 1.85 bits per heavy atom. The standard InChI is InChI=1S/C9H17NO2S/c1-9(2)6-5-13(11,12)7(6)8(9)10(3)4/h6-8H,5H2,1-4H3/t6-,7-,8-/m1/s1. The lowest BCUT2D eigenvalue weighted by Crippen LogP contribution is -2.77. The first kappa shape index (κ1) is 9.46. The SMILES string of the molecule is CN(C)[C@@H]1[C@H]2[C@@H](CS2(=O)=O)C1(C)C. The van der Waals surface area contributed by atoms with Crippen LogP contribution in [0.5, 0.6) is 0 Å². The van der Waals surface area contributed by atoms with Gasteiger partial charge in [0.15, 0.2) is 9.84 Å². The summed E-state index contributed by atoms with van der Waals surface area (Å²) in [6.45, 7) is 4.35. The van der Waals surface area contributed by atoms with Crippen LogP contribution in [0, 0.1) is 11.3 Å². The maximum atomic E-state index is 11.5. The van der Waals surface area contributed by atoms with Crippen LogP contribution in [-0.4, -0.2) is 44.5 Å². The van der Waals surface area contributed by atoms with Crippen molar-refractivity contribution in [2.24, 2.45) is 11.3 Å². The molecule has 2 fully saturated rings. The second kappa shape index (κ2) is 2.28. The van der Waals surface area contributed by atoms with Gasteiger partial charge in [-0.05, 0) is 25.4 Å². The molecule has 2 aliphatic rings. The Labute approximate surface area is 80.0 Å². The van der Waals surface area contributed by atoms with Gasteiger partial charge < -0.3 is 4.90 Å². The first-order valence-corrected chi connectivity index (χ1v) is 6.38. The molecule has 0 aromatic carbocycles. The van der Waals surface area contributed by atoms with Gasteiger partial charge in [-0.2, -0.15) is 0 Å². The zero-order chi connectivity index (χ0) is 10.0. The van der Waals surface area contributed by atoms with Crippen molar-refractivity contribution in [3.05, 3.63) is 0 Å². The van der Waals surface area contributed by atoms with Gasteiger partial charge in [0, 0.05) is 6.04 Å². The molecule has 0 aromatic rings. The Morgan fingerprint density at radius 3 is 2.15 bits per heavy atom. The summed E-state index contributed by atoms with van der Waals surface area (Å²) in [7, 11) is 1.21. The van der Waals surface area contributed by atoms with Crippen molar-refractivity contribution >= 4 is 9.84 Å². The largest absolute Gasteiger partial charge is 0.305 e. The summed E-state index contributed by atoms with van der Waals surface area (Å²) in [5.74, 6) is 0.819. The van der Waals surface area contributed by atoms with Gasteiger partial charge in [-0.1, -0.05) is 13.8 Å². The van der Waals surface area contributed by atoms with E-state index in [0.29, 0.717) is 11.7 Å². The van der Waals surface area contributed by atoms with Gasteiger partial charge in [-0.3, -0.25) is 0 Å². The first-order chi connectivity index (χ1) is 5.78. The summed E-state index contributed by atoms with van der Waals surface area (Å²) >= 11 is 0. The van der Waals surface area contributed by atoms with Gasteiger partial charge in [0.25, 0.3) is 0 Å². The van der Waals surface area contributed by atoms with Crippen LogP contribution < -0.4 is 0 Å².